The summed E-state index contributed by atoms with van der Waals surface area (Å²) < 4.78 is 0.703. The average Bonchev–Trinajstić information content (AvgIpc) is 2.82. The minimum Gasteiger partial charge on any atom is -0.310 e. The molecule has 0 saturated carbocycles. The van der Waals surface area contributed by atoms with Crippen molar-refractivity contribution in [2.45, 2.75) is 19.4 Å². The standard InChI is InChI=1S/C13H20N4OS/c1-17(2)7-4-3-6-14-9-11-15-10-5-8-19-12(10)13(18)16-11/h5,8,14H,3-4,6-7,9H2,1-2H3,(H,15,16,18). The zero-order chi connectivity index (χ0) is 13.7. The van der Waals surface area contributed by atoms with E-state index in [2.05, 4.69) is 34.3 Å². The first-order valence-corrected chi connectivity index (χ1v) is 7.36. The number of nitrogens with one attached hydrogen (secondary N) is 2. The van der Waals surface area contributed by atoms with Crippen LogP contribution in [-0.4, -0.2) is 42.1 Å². The molecule has 6 heteroatoms. The number of H-pyrrole nitrogens is 1. The van der Waals surface area contributed by atoms with Crippen molar-refractivity contribution in [2.24, 2.45) is 0 Å². The summed E-state index contributed by atoms with van der Waals surface area (Å²) in [6.07, 6.45) is 2.30. The summed E-state index contributed by atoms with van der Waals surface area (Å²) in [5, 5.41) is 5.21. The molecule has 0 atom stereocenters. The largest absolute Gasteiger partial charge is 0.310 e. The summed E-state index contributed by atoms with van der Waals surface area (Å²) in [5.41, 5.74) is 0.752. The summed E-state index contributed by atoms with van der Waals surface area (Å²) >= 11 is 1.43. The quantitative estimate of drug-likeness (QED) is 0.753. The molecule has 2 N–H and O–H groups in total. The van der Waals surface area contributed by atoms with Gasteiger partial charge >= 0.3 is 0 Å². The van der Waals surface area contributed by atoms with E-state index in [4.69, 9.17) is 0 Å². The average molecular weight is 280 g/mol. The molecular formula is C13H20N4OS. The van der Waals surface area contributed by atoms with Crippen LogP contribution in [0.1, 0.15) is 18.7 Å². The topological polar surface area (TPSA) is 61.0 Å². The van der Waals surface area contributed by atoms with E-state index in [1.165, 1.54) is 17.8 Å². The molecular weight excluding hydrogens is 260 g/mol. The number of unbranched alkanes of at least 4 members (excludes halogenated alkanes) is 1. The van der Waals surface area contributed by atoms with Gasteiger partial charge in [0, 0.05) is 0 Å². The summed E-state index contributed by atoms with van der Waals surface area (Å²) in [6, 6.07) is 1.88. The molecule has 0 saturated heterocycles. The van der Waals surface area contributed by atoms with Crippen molar-refractivity contribution in [1.29, 1.82) is 0 Å². The summed E-state index contributed by atoms with van der Waals surface area (Å²) in [4.78, 5) is 21.2. The molecule has 0 aliphatic rings. The SMILES string of the molecule is CN(C)CCCCNCc1nc2ccsc2c(=O)[nH]1. The van der Waals surface area contributed by atoms with Gasteiger partial charge in [-0.1, -0.05) is 0 Å². The number of thiophene rings is 1. The van der Waals surface area contributed by atoms with Gasteiger partial charge in [-0.25, -0.2) is 4.98 Å². The van der Waals surface area contributed by atoms with Gasteiger partial charge in [0.15, 0.2) is 0 Å². The number of fused-ring (bicyclic) bond motifs is 1. The fraction of sp³-hybridized carbons (Fsp3) is 0.538. The van der Waals surface area contributed by atoms with Gasteiger partial charge in [-0.05, 0) is 51.5 Å². The molecule has 104 valence electrons. The first kappa shape index (κ1) is 14.2. The highest BCUT2D eigenvalue weighted by molar-refractivity contribution is 7.17. The molecule has 0 bridgehead atoms. The van der Waals surface area contributed by atoms with Crippen LogP contribution in [-0.2, 0) is 6.54 Å². The highest BCUT2D eigenvalue weighted by Crippen LogP contribution is 2.13. The number of nitrogens with zero attached hydrogens (tertiary/aromatic N) is 2. The highest BCUT2D eigenvalue weighted by Gasteiger charge is 2.04. The number of hydrogen-bond acceptors (Lipinski definition) is 5. The number of aromatic nitrogens is 2. The van der Waals surface area contributed by atoms with Crippen molar-refractivity contribution in [1.82, 2.24) is 20.2 Å². The monoisotopic (exact) mass is 280 g/mol. The third-order valence-electron chi connectivity index (χ3n) is 2.87. The summed E-state index contributed by atoms with van der Waals surface area (Å²) in [5.74, 6) is 0.712. The van der Waals surface area contributed by atoms with E-state index in [1.54, 1.807) is 0 Å². The Hall–Kier alpha value is -1.24. The van der Waals surface area contributed by atoms with Crippen LogP contribution in [0.3, 0.4) is 0 Å². The third-order valence-corrected chi connectivity index (χ3v) is 3.77. The molecule has 0 aliphatic heterocycles. The molecule has 0 fully saturated rings. The Balaban J connectivity index is 1.80. The van der Waals surface area contributed by atoms with Crippen molar-refractivity contribution < 1.29 is 0 Å². The molecule has 2 heterocycles. The molecule has 0 unspecified atom stereocenters. The Morgan fingerprint density at radius 2 is 2.26 bits per heavy atom. The van der Waals surface area contributed by atoms with Gasteiger partial charge in [0.05, 0.1) is 12.1 Å². The summed E-state index contributed by atoms with van der Waals surface area (Å²) in [6.45, 7) is 2.67. The van der Waals surface area contributed by atoms with E-state index in [0.717, 1.165) is 25.0 Å². The predicted octanol–water partition coefficient (Wildman–Crippen LogP) is 1.42. The van der Waals surface area contributed by atoms with E-state index in [0.29, 0.717) is 17.1 Å². The van der Waals surface area contributed by atoms with Crippen LogP contribution in [0, 0.1) is 0 Å². The molecule has 2 aromatic heterocycles. The maximum absolute atomic E-state index is 11.8. The summed E-state index contributed by atoms with van der Waals surface area (Å²) in [7, 11) is 4.16. The fourth-order valence-corrected chi connectivity index (χ4v) is 2.62. The van der Waals surface area contributed by atoms with Crippen LogP contribution in [0.5, 0.6) is 0 Å². The second kappa shape index (κ2) is 6.79. The Morgan fingerprint density at radius 1 is 1.42 bits per heavy atom. The Bertz CT molecular complexity index is 575. The lowest BCUT2D eigenvalue weighted by Gasteiger charge is -2.09. The molecule has 0 aliphatic carbocycles. The van der Waals surface area contributed by atoms with Crippen LogP contribution >= 0.6 is 11.3 Å². The van der Waals surface area contributed by atoms with Crippen molar-refractivity contribution in [3.63, 3.8) is 0 Å². The smallest absolute Gasteiger partial charge is 0.268 e. The zero-order valence-electron chi connectivity index (χ0n) is 11.4. The van der Waals surface area contributed by atoms with Gasteiger partial charge in [0.1, 0.15) is 10.5 Å². The molecule has 0 radical (unpaired) electrons. The first-order chi connectivity index (χ1) is 9.16. The van der Waals surface area contributed by atoms with Crippen molar-refractivity contribution in [2.75, 3.05) is 27.2 Å². The highest BCUT2D eigenvalue weighted by atomic mass is 32.1. The van der Waals surface area contributed by atoms with Crippen molar-refractivity contribution in [3.8, 4) is 0 Å². The van der Waals surface area contributed by atoms with E-state index in [1.807, 2.05) is 11.4 Å². The van der Waals surface area contributed by atoms with Gasteiger partial charge in [-0.15, -0.1) is 11.3 Å². The normalized spacial score (nSPS) is 11.5. The van der Waals surface area contributed by atoms with Crippen molar-refractivity contribution in [3.05, 3.63) is 27.6 Å². The molecule has 2 rings (SSSR count). The molecule has 5 nitrogen and oxygen atoms in total. The van der Waals surface area contributed by atoms with E-state index in [9.17, 15) is 4.79 Å². The number of rotatable bonds is 7. The zero-order valence-corrected chi connectivity index (χ0v) is 12.2. The van der Waals surface area contributed by atoms with Crippen LogP contribution in [0.25, 0.3) is 10.2 Å². The van der Waals surface area contributed by atoms with Gasteiger partial charge in [-0.3, -0.25) is 4.79 Å². The van der Waals surface area contributed by atoms with Gasteiger partial charge in [0.25, 0.3) is 5.56 Å². The molecule has 0 amide bonds. The fourth-order valence-electron chi connectivity index (χ4n) is 1.89. The lowest BCUT2D eigenvalue weighted by Crippen LogP contribution is -2.21. The molecule has 0 aromatic carbocycles. The predicted molar refractivity (Wildman–Crippen MR) is 79.7 cm³/mol. The van der Waals surface area contributed by atoms with E-state index >= 15 is 0 Å². The lowest BCUT2D eigenvalue weighted by atomic mass is 10.3. The van der Waals surface area contributed by atoms with Crippen LogP contribution in [0.15, 0.2) is 16.2 Å². The Labute approximate surface area is 116 Å². The van der Waals surface area contributed by atoms with Gasteiger partial charge < -0.3 is 15.2 Å². The number of aromatic amines is 1. The van der Waals surface area contributed by atoms with E-state index < -0.39 is 0 Å². The lowest BCUT2D eigenvalue weighted by molar-refractivity contribution is 0.391. The molecule has 2 aromatic rings. The van der Waals surface area contributed by atoms with Gasteiger partial charge in [0.2, 0.25) is 0 Å². The first-order valence-electron chi connectivity index (χ1n) is 6.48. The minimum absolute atomic E-state index is 0.0376. The second-order valence-corrected chi connectivity index (χ2v) is 5.75. The van der Waals surface area contributed by atoms with E-state index in [-0.39, 0.29) is 5.56 Å². The maximum atomic E-state index is 11.8. The molecule has 0 spiro atoms. The maximum Gasteiger partial charge on any atom is 0.268 e. The molecule has 19 heavy (non-hydrogen) atoms. The third kappa shape index (κ3) is 4.12. The minimum atomic E-state index is -0.0376. The van der Waals surface area contributed by atoms with Crippen LogP contribution in [0.4, 0.5) is 0 Å². The Kier molecular flexibility index (Phi) is 5.07. The van der Waals surface area contributed by atoms with Gasteiger partial charge in [-0.2, -0.15) is 0 Å². The van der Waals surface area contributed by atoms with Crippen LogP contribution in [0.2, 0.25) is 0 Å². The number of hydrogen-bond donors (Lipinski definition) is 2. The second-order valence-electron chi connectivity index (χ2n) is 4.83. The Morgan fingerprint density at radius 3 is 3.05 bits per heavy atom. The van der Waals surface area contributed by atoms with Crippen molar-refractivity contribution >= 4 is 21.6 Å². The van der Waals surface area contributed by atoms with Crippen LogP contribution < -0.4 is 10.9 Å².